The Morgan fingerprint density at radius 1 is 0.852 bits per heavy atom. The van der Waals surface area contributed by atoms with Crippen molar-refractivity contribution in [1.82, 2.24) is 14.4 Å². The van der Waals surface area contributed by atoms with E-state index in [1.807, 2.05) is 4.90 Å². The Hall–Kier alpha value is -1.78. The summed E-state index contributed by atoms with van der Waals surface area (Å²) in [4.78, 5) is 30.0. The van der Waals surface area contributed by atoms with Gasteiger partial charge in [-0.3, -0.25) is 9.59 Å². The van der Waals surface area contributed by atoms with Gasteiger partial charge in [0.15, 0.2) is 0 Å². The summed E-state index contributed by atoms with van der Waals surface area (Å²) >= 11 is 0. The quantitative estimate of drug-likeness (QED) is 0.813. The summed E-state index contributed by atoms with van der Waals surface area (Å²) in [5.41, 5.74) is 3.17. The smallest absolute Gasteiger partial charge is 0.255 e. The molecule has 0 N–H and O–H groups in total. The molecular formula is C22H33N3O2. The van der Waals surface area contributed by atoms with Crippen molar-refractivity contribution in [1.29, 1.82) is 0 Å². The first-order chi connectivity index (χ1) is 13.1. The fourth-order valence-corrected chi connectivity index (χ4v) is 4.94. The standard InChI is InChI=1S/C22H33N3O2/c1-16-15-20(17(2)25(16)19-7-8-19)22(27)24-13-9-18(10-14-24)21(26)23-11-5-3-4-6-12-23/h15,18-19H,3-14H2,1-2H3. The minimum atomic E-state index is 0.103. The number of hydrogen-bond donors (Lipinski definition) is 0. The number of hydrogen-bond acceptors (Lipinski definition) is 2. The predicted molar refractivity (Wildman–Crippen MR) is 106 cm³/mol. The molecule has 2 saturated heterocycles. The molecule has 148 valence electrons. The molecule has 1 aromatic heterocycles. The maximum Gasteiger partial charge on any atom is 0.255 e. The van der Waals surface area contributed by atoms with Crippen LogP contribution >= 0.6 is 0 Å². The number of carbonyl (C=O) groups is 2. The normalized spacial score (nSPS) is 22.0. The second kappa shape index (κ2) is 7.69. The van der Waals surface area contributed by atoms with Crippen LogP contribution in [0.1, 0.15) is 79.2 Å². The maximum atomic E-state index is 13.1. The molecule has 5 nitrogen and oxygen atoms in total. The Morgan fingerprint density at radius 2 is 1.48 bits per heavy atom. The van der Waals surface area contributed by atoms with Gasteiger partial charge in [-0.25, -0.2) is 0 Å². The van der Waals surface area contributed by atoms with Gasteiger partial charge in [-0.2, -0.15) is 0 Å². The van der Waals surface area contributed by atoms with E-state index in [0.717, 1.165) is 50.0 Å². The number of carbonyl (C=O) groups excluding carboxylic acids is 2. The lowest BCUT2D eigenvalue weighted by molar-refractivity contribution is -0.136. The summed E-state index contributed by atoms with van der Waals surface area (Å²) in [6.07, 6.45) is 8.85. The molecule has 2 amide bonds. The zero-order chi connectivity index (χ0) is 19.0. The van der Waals surface area contributed by atoms with Gasteiger partial charge in [0.05, 0.1) is 5.56 Å². The van der Waals surface area contributed by atoms with Crippen LogP contribution in [0.5, 0.6) is 0 Å². The molecule has 1 aliphatic carbocycles. The largest absolute Gasteiger partial charge is 0.345 e. The van der Waals surface area contributed by atoms with Gasteiger partial charge in [-0.05, 0) is 58.4 Å². The number of aromatic nitrogens is 1. The third kappa shape index (κ3) is 3.78. The number of likely N-dealkylation sites (tertiary alicyclic amines) is 2. The van der Waals surface area contributed by atoms with Gasteiger partial charge in [0.1, 0.15) is 0 Å². The number of rotatable bonds is 3. The molecule has 0 radical (unpaired) electrons. The minimum Gasteiger partial charge on any atom is -0.345 e. The van der Waals surface area contributed by atoms with Crippen molar-refractivity contribution in [2.45, 2.75) is 71.3 Å². The van der Waals surface area contributed by atoms with Crippen molar-refractivity contribution in [3.63, 3.8) is 0 Å². The van der Waals surface area contributed by atoms with Crippen LogP contribution in [0.15, 0.2) is 6.07 Å². The van der Waals surface area contributed by atoms with Crippen LogP contribution in [0.3, 0.4) is 0 Å². The van der Waals surface area contributed by atoms with E-state index in [0.29, 0.717) is 25.0 Å². The molecule has 1 aromatic rings. The molecule has 27 heavy (non-hydrogen) atoms. The average Bonchev–Trinajstić information content (AvgIpc) is 3.49. The molecule has 1 saturated carbocycles. The third-order valence-corrected chi connectivity index (χ3v) is 6.68. The first-order valence-electron chi connectivity index (χ1n) is 10.8. The van der Waals surface area contributed by atoms with E-state index in [1.54, 1.807) is 0 Å². The fourth-order valence-electron chi connectivity index (χ4n) is 4.94. The zero-order valence-electron chi connectivity index (χ0n) is 16.9. The van der Waals surface area contributed by atoms with E-state index in [2.05, 4.69) is 29.4 Å². The van der Waals surface area contributed by atoms with E-state index < -0.39 is 0 Å². The molecule has 0 atom stereocenters. The molecule has 5 heteroatoms. The van der Waals surface area contributed by atoms with Crippen LogP contribution in [0.25, 0.3) is 0 Å². The average molecular weight is 372 g/mol. The van der Waals surface area contributed by atoms with Crippen LogP contribution in [0, 0.1) is 19.8 Å². The highest BCUT2D eigenvalue weighted by atomic mass is 16.2. The summed E-state index contributed by atoms with van der Waals surface area (Å²) in [7, 11) is 0. The van der Waals surface area contributed by atoms with Gasteiger partial charge in [0.25, 0.3) is 5.91 Å². The van der Waals surface area contributed by atoms with Crippen LogP contribution in [0.2, 0.25) is 0 Å². The Balaban J connectivity index is 1.37. The fraction of sp³-hybridized carbons (Fsp3) is 0.727. The van der Waals surface area contributed by atoms with E-state index in [-0.39, 0.29) is 11.8 Å². The lowest BCUT2D eigenvalue weighted by Crippen LogP contribution is -2.44. The predicted octanol–water partition coefficient (Wildman–Crippen LogP) is 3.69. The Morgan fingerprint density at radius 3 is 2.07 bits per heavy atom. The molecule has 3 fully saturated rings. The van der Waals surface area contributed by atoms with Gasteiger partial charge in [-0.1, -0.05) is 12.8 Å². The number of aryl methyl sites for hydroxylation is 1. The molecule has 0 unspecified atom stereocenters. The summed E-state index contributed by atoms with van der Waals surface area (Å²) in [5, 5.41) is 0. The first kappa shape index (κ1) is 18.6. The molecule has 3 heterocycles. The molecule has 0 aromatic carbocycles. The van der Waals surface area contributed by atoms with Crippen molar-refractivity contribution in [3.05, 3.63) is 23.0 Å². The number of amides is 2. The van der Waals surface area contributed by atoms with E-state index in [9.17, 15) is 9.59 Å². The monoisotopic (exact) mass is 371 g/mol. The lowest BCUT2D eigenvalue weighted by atomic mass is 9.94. The van der Waals surface area contributed by atoms with Crippen molar-refractivity contribution >= 4 is 11.8 Å². The van der Waals surface area contributed by atoms with Crippen LogP contribution < -0.4 is 0 Å². The topological polar surface area (TPSA) is 45.6 Å². The molecule has 0 bridgehead atoms. The molecule has 3 aliphatic rings. The summed E-state index contributed by atoms with van der Waals surface area (Å²) in [5.74, 6) is 0.581. The summed E-state index contributed by atoms with van der Waals surface area (Å²) in [6, 6.07) is 2.66. The number of nitrogens with zero attached hydrogens (tertiary/aromatic N) is 3. The second-order valence-electron chi connectivity index (χ2n) is 8.69. The SMILES string of the molecule is Cc1cc(C(=O)N2CCC(C(=O)N3CCCCCC3)CC2)c(C)n1C1CC1. The van der Waals surface area contributed by atoms with Crippen LogP contribution in [0.4, 0.5) is 0 Å². The van der Waals surface area contributed by atoms with E-state index in [4.69, 9.17) is 0 Å². The minimum absolute atomic E-state index is 0.103. The van der Waals surface area contributed by atoms with Gasteiger partial charge in [0, 0.05) is 49.5 Å². The lowest BCUT2D eigenvalue weighted by Gasteiger charge is -2.34. The van der Waals surface area contributed by atoms with Gasteiger partial charge in [-0.15, -0.1) is 0 Å². The highest BCUT2D eigenvalue weighted by molar-refractivity contribution is 5.96. The number of piperidine rings is 1. The molecule has 4 rings (SSSR count). The van der Waals surface area contributed by atoms with Crippen molar-refractivity contribution in [2.24, 2.45) is 5.92 Å². The van der Waals surface area contributed by atoms with E-state index >= 15 is 0 Å². The first-order valence-corrected chi connectivity index (χ1v) is 10.8. The van der Waals surface area contributed by atoms with Crippen molar-refractivity contribution < 1.29 is 9.59 Å². The summed E-state index contributed by atoms with van der Waals surface area (Å²) in [6.45, 7) is 7.44. The maximum absolute atomic E-state index is 13.1. The van der Waals surface area contributed by atoms with E-state index in [1.165, 1.54) is 31.4 Å². The summed E-state index contributed by atoms with van der Waals surface area (Å²) < 4.78 is 2.34. The van der Waals surface area contributed by atoms with Crippen LogP contribution in [-0.2, 0) is 4.79 Å². The van der Waals surface area contributed by atoms with Crippen molar-refractivity contribution in [3.8, 4) is 0 Å². The molecular weight excluding hydrogens is 338 g/mol. The zero-order valence-corrected chi connectivity index (χ0v) is 16.9. The van der Waals surface area contributed by atoms with Gasteiger partial charge in [0.2, 0.25) is 5.91 Å². The van der Waals surface area contributed by atoms with Gasteiger partial charge >= 0.3 is 0 Å². The Kier molecular flexibility index (Phi) is 5.29. The highest BCUT2D eigenvalue weighted by Crippen LogP contribution is 2.38. The Bertz CT molecular complexity index is 703. The Labute approximate surface area is 162 Å². The van der Waals surface area contributed by atoms with Crippen LogP contribution in [-0.4, -0.2) is 52.4 Å². The molecule has 2 aliphatic heterocycles. The highest BCUT2D eigenvalue weighted by Gasteiger charge is 2.33. The second-order valence-corrected chi connectivity index (χ2v) is 8.69. The van der Waals surface area contributed by atoms with Gasteiger partial charge < -0.3 is 14.4 Å². The third-order valence-electron chi connectivity index (χ3n) is 6.68. The van der Waals surface area contributed by atoms with Crippen molar-refractivity contribution in [2.75, 3.05) is 26.2 Å². The molecule has 0 spiro atoms.